The number of carbonyl (C=O) groups excluding carboxylic acids is 1. The van der Waals surface area contributed by atoms with E-state index in [4.69, 9.17) is 16.3 Å². The van der Waals surface area contributed by atoms with Gasteiger partial charge in [0, 0.05) is 24.2 Å². The van der Waals surface area contributed by atoms with E-state index in [1.807, 2.05) is 12.1 Å². The fourth-order valence-electron chi connectivity index (χ4n) is 1.82. The lowest BCUT2D eigenvalue weighted by molar-refractivity contribution is 0.226. The second-order valence-corrected chi connectivity index (χ2v) is 4.21. The van der Waals surface area contributed by atoms with Crippen molar-refractivity contribution in [3.63, 3.8) is 0 Å². The van der Waals surface area contributed by atoms with Crippen LogP contribution in [0.1, 0.15) is 11.6 Å². The predicted molar refractivity (Wildman–Crippen MR) is 61.9 cm³/mol. The van der Waals surface area contributed by atoms with Gasteiger partial charge in [-0.2, -0.15) is 0 Å². The molecule has 0 aromatic heterocycles. The van der Waals surface area contributed by atoms with Gasteiger partial charge in [-0.15, -0.1) is 0 Å². The average molecular weight is 241 g/mol. The molecule has 0 bridgehead atoms. The Morgan fingerprint density at radius 2 is 2.31 bits per heavy atom. The molecule has 4 nitrogen and oxygen atoms in total. The third kappa shape index (κ3) is 1.93. The molecule has 1 heterocycles. The number of hydrogen-bond donors (Lipinski definition) is 1. The van der Waals surface area contributed by atoms with E-state index in [1.54, 1.807) is 25.1 Å². The number of carbonyl (C=O) groups is 1. The number of benzene rings is 1. The highest BCUT2D eigenvalue weighted by atomic mass is 35.5. The minimum Gasteiger partial charge on any atom is -0.496 e. The summed E-state index contributed by atoms with van der Waals surface area (Å²) in [6.07, 6.45) is 0. The van der Waals surface area contributed by atoms with Gasteiger partial charge in [-0.3, -0.25) is 0 Å². The first-order chi connectivity index (χ1) is 7.61. The molecule has 1 fully saturated rings. The van der Waals surface area contributed by atoms with Crippen LogP contribution in [0.2, 0.25) is 5.02 Å². The molecule has 1 N–H and O–H groups in total. The molecular weight excluding hydrogens is 228 g/mol. The van der Waals surface area contributed by atoms with Crippen LogP contribution in [0.15, 0.2) is 18.2 Å². The van der Waals surface area contributed by atoms with E-state index in [9.17, 15) is 4.79 Å². The highest BCUT2D eigenvalue weighted by Gasteiger charge is 2.28. The lowest BCUT2D eigenvalue weighted by atomic mass is 10.1. The monoisotopic (exact) mass is 240 g/mol. The van der Waals surface area contributed by atoms with Gasteiger partial charge >= 0.3 is 6.03 Å². The number of ether oxygens (including phenoxy) is 1. The van der Waals surface area contributed by atoms with Gasteiger partial charge in [-0.05, 0) is 18.2 Å². The second-order valence-electron chi connectivity index (χ2n) is 3.77. The minimum absolute atomic E-state index is 0.0638. The number of amides is 2. The highest BCUT2D eigenvalue weighted by molar-refractivity contribution is 6.30. The number of nitrogens with zero attached hydrogens (tertiary/aromatic N) is 1. The van der Waals surface area contributed by atoms with Crippen LogP contribution in [0.3, 0.4) is 0 Å². The first-order valence-corrected chi connectivity index (χ1v) is 5.34. The smallest absolute Gasteiger partial charge is 0.317 e. The van der Waals surface area contributed by atoms with E-state index in [2.05, 4.69) is 5.32 Å². The van der Waals surface area contributed by atoms with Crippen molar-refractivity contribution < 1.29 is 9.53 Å². The maximum Gasteiger partial charge on any atom is 0.317 e. The quantitative estimate of drug-likeness (QED) is 0.860. The molecule has 2 rings (SSSR count). The fraction of sp³-hybridized carbons (Fsp3) is 0.364. The van der Waals surface area contributed by atoms with Crippen LogP contribution in [-0.4, -0.2) is 31.6 Å². The van der Waals surface area contributed by atoms with Crippen molar-refractivity contribution in [1.82, 2.24) is 10.2 Å². The van der Waals surface area contributed by atoms with Crippen molar-refractivity contribution in [2.45, 2.75) is 6.04 Å². The number of nitrogens with one attached hydrogen (secondary N) is 1. The Labute approximate surface area is 99.1 Å². The topological polar surface area (TPSA) is 41.6 Å². The van der Waals surface area contributed by atoms with E-state index < -0.39 is 0 Å². The molecule has 1 aromatic carbocycles. The molecule has 5 heteroatoms. The standard InChI is InChI=1S/C11H13ClN2O2/c1-14-6-9(13-11(14)15)8-5-7(12)3-4-10(8)16-2/h3-5,9H,6H2,1-2H3,(H,13,15). The van der Waals surface area contributed by atoms with Crippen molar-refractivity contribution in [3.05, 3.63) is 28.8 Å². The Bertz CT molecular complexity index is 422. The van der Waals surface area contributed by atoms with E-state index in [0.717, 1.165) is 11.3 Å². The zero-order valence-corrected chi connectivity index (χ0v) is 9.91. The summed E-state index contributed by atoms with van der Waals surface area (Å²) in [5, 5.41) is 3.51. The van der Waals surface area contributed by atoms with E-state index >= 15 is 0 Å². The van der Waals surface area contributed by atoms with Crippen LogP contribution < -0.4 is 10.1 Å². The number of urea groups is 1. The van der Waals surface area contributed by atoms with Crippen LogP contribution in [0.4, 0.5) is 4.79 Å². The molecule has 1 atom stereocenters. The molecular formula is C11H13ClN2O2. The molecule has 0 radical (unpaired) electrons. The van der Waals surface area contributed by atoms with Gasteiger partial charge in [0.25, 0.3) is 0 Å². The summed E-state index contributed by atoms with van der Waals surface area (Å²) in [7, 11) is 3.36. The summed E-state index contributed by atoms with van der Waals surface area (Å²) < 4.78 is 5.25. The minimum atomic E-state index is -0.0768. The molecule has 1 unspecified atom stereocenters. The van der Waals surface area contributed by atoms with Gasteiger partial charge in [0.1, 0.15) is 5.75 Å². The number of halogens is 1. The normalized spacial score (nSPS) is 19.8. The Morgan fingerprint density at radius 3 is 2.88 bits per heavy atom. The van der Waals surface area contributed by atoms with Crippen molar-refractivity contribution in [2.75, 3.05) is 20.7 Å². The summed E-state index contributed by atoms with van der Waals surface area (Å²) in [4.78, 5) is 13.0. The van der Waals surface area contributed by atoms with E-state index in [1.165, 1.54) is 0 Å². The van der Waals surface area contributed by atoms with Crippen molar-refractivity contribution in [1.29, 1.82) is 0 Å². The van der Waals surface area contributed by atoms with Crippen LogP contribution in [0, 0.1) is 0 Å². The Kier molecular flexibility index (Phi) is 2.92. The van der Waals surface area contributed by atoms with Crippen LogP contribution in [0.25, 0.3) is 0 Å². The molecule has 1 aliphatic heterocycles. The van der Waals surface area contributed by atoms with Gasteiger partial charge in [0.15, 0.2) is 0 Å². The second kappa shape index (κ2) is 4.22. The van der Waals surface area contributed by atoms with E-state index in [-0.39, 0.29) is 12.1 Å². The van der Waals surface area contributed by atoms with Crippen LogP contribution in [0.5, 0.6) is 5.75 Å². The molecule has 1 aromatic rings. The SMILES string of the molecule is COc1ccc(Cl)cc1C1CN(C)C(=O)N1. The first-order valence-electron chi connectivity index (χ1n) is 4.97. The van der Waals surface area contributed by atoms with Crippen LogP contribution in [-0.2, 0) is 0 Å². The summed E-state index contributed by atoms with van der Waals surface area (Å²) in [6, 6.07) is 5.26. The summed E-state index contributed by atoms with van der Waals surface area (Å²) in [6.45, 7) is 0.621. The highest BCUT2D eigenvalue weighted by Crippen LogP contribution is 2.30. The lowest BCUT2D eigenvalue weighted by Gasteiger charge is -2.14. The van der Waals surface area contributed by atoms with E-state index in [0.29, 0.717) is 11.6 Å². The molecule has 0 aliphatic carbocycles. The van der Waals surface area contributed by atoms with Crippen LogP contribution >= 0.6 is 11.6 Å². The van der Waals surface area contributed by atoms with Gasteiger partial charge < -0.3 is 15.0 Å². The Hall–Kier alpha value is -1.42. The average Bonchev–Trinajstić information content (AvgIpc) is 2.59. The number of likely N-dealkylation sites (N-methyl/N-ethyl adjacent to an activating group) is 1. The molecule has 2 amide bonds. The molecule has 0 saturated carbocycles. The Balaban J connectivity index is 2.33. The zero-order chi connectivity index (χ0) is 11.7. The molecule has 16 heavy (non-hydrogen) atoms. The van der Waals surface area contributed by atoms with Crippen molar-refractivity contribution >= 4 is 17.6 Å². The third-order valence-corrected chi connectivity index (χ3v) is 2.90. The van der Waals surface area contributed by atoms with Crippen molar-refractivity contribution in [3.8, 4) is 5.75 Å². The zero-order valence-electron chi connectivity index (χ0n) is 9.16. The van der Waals surface area contributed by atoms with Gasteiger partial charge in [-0.1, -0.05) is 11.6 Å². The molecule has 0 spiro atoms. The number of hydrogen-bond acceptors (Lipinski definition) is 2. The predicted octanol–water partition coefficient (Wildman–Crippen LogP) is 2.04. The number of rotatable bonds is 2. The number of methoxy groups -OCH3 is 1. The molecule has 1 saturated heterocycles. The fourth-order valence-corrected chi connectivity index (χ4v) is 2.00. The maximum absolute atomic E-state index is 11.4. The maximum atomic E-state index is 11.4. The Morgan fingerprint density at radius 1 is 1.56 bits per heavy atom. The molecule has 86 valence electrons. The largest absolute Gasteiger partial charge is 0.496 e. The summed E-state index contributed by atoms with van der Waals surface area (Å²) in [5.41, 5.74) is 0.910. The molecule has 1 aliphatic rings. The van der Waals surface area contributed by atoms with Gasteiger partial charge in [0.2, 0.25) is 0 Å². The van der Waals surface area contributed by atoms with Gasteiger partial charge in [-0.25, -0.2) is 4.79 Å². The summed E-state index contributed by atoms with van der Waals surface area (Å²) in [5.74, 6) is 0.741. The third-order valence-electron chi connectivity index (χ3n) is 2.67. The summed E-state index contributed by atoms with van der Waals surface area (Å²) >= 11 is 5.94. The first kappa shape index (κ1) is 11.1. The van der Waals surface area contributed by atoms with Gasteiger partial charge in [0.05, 0.1) is 13.2 Å². The lowest BCUT2D eigenvalue weighted by Crippen LogP contribution is -2.24. The van der Waals surface area contributed by atoms with Crippen molar-refractivity contribution in [2.24, 2.45) is 0 Å².